The van der Waals surface area contributed by atoms with Gasteiger partial charge in [-0.25, -0.2) is 0 Å². The van der Waals surface area contributed by atoms with E-state index < -0.39 is 5.97 Å². The van der Waals surface area contributed by atoms with Gasteiger partial charge < -0.3 is 15.3 Å². The van der Waals surface area contributed by atoms with E-state index in [0.717, 1.165) is 50.9 Å². The van der Waals surface area contributed by atoms with Crippen molar-refractivity contribution in [3.8, 4) is 0 Å². The number of rotatable bonds is 8. The zero-order valence-electron chi connectivity index (χ0n) is 14.5. The number of unbranched alkanes of at least 4 members (excludes halogenated alkanes) is 1. The number of hydrogen-bond donors (Lipinski definition) is 2. The maximum atomic E-state index is 12.3. The van der Waals surface area contributed by atoms with Gasteiger partial charge in [-0.05, 0) is 57.8 Å². The molecule has 1 saturated heterocycles. The van der Waals surface area contributed by atoms with Crippen molar-refractivity contribution in [1.82, 2.24) is 10.2 Å². The molecule has 1 aliphatic rings. The topological polar surface area (TPSA) is 69.6 Å². The molecule has 0 radical (unpaired) electrons. The van der Waals surface area contributed by atoms with Gasteiger partial charge in [-0.2, -0.15) is 0 Å². The van der Waals surface area contributed by atoms with Crippen LogP contribution in [0.3, 0.4) is 0 Å². The quantitative estimate of drug-likeness (QED) is 0.718. The summed E-state index contributed by atoms with van der Waals surface area (Å²) < 4.78 is 0. The number of likely N-dealkylation sites (tertiary alicyclic amines) is 1. The number of carbonyl (C=O) groups excluding carboxylic acids is 1. The van der Waals surface area contributed by atoms with Crippen LogP contribution in [-0.2, 0) is 16.1 Å². The molecular weight excluding hydrogens is 304 g/mol. The minimum atomic E-state index is -0.723. The summed E-state index contributed by atoms with van der Waals surface area (Å²) in [5, 5.41) is 11.7. The minimum Gasteiger partial charge on any atom is -0.481 e. The van der Waals surface area contributed by atoms with Crippen LogP contribution in [0.1, 0.15) is 43.2 Å². The molecule has 0 saturated carbocycles. The smallest absolute Gasteiger partial charge is 0.303 e. The number of hydrogen-bond acceptors (Lipinski definition) is 3. The van der Waals surface area contributed by atoms with Gasteiger partial charge in [0, 0.05) is 18.9 Å². The van der Waals surface area contributed by atoms with Crippen molar-refractivity contribution in [2.75, 3.05) is 19.6 Å². The molecule has 2 rings (SSSR count). The molecule has 0 aromatic heterocycles. The van der Waals surface area contributed by atoms with E-state index in [1.807, 2.05) is 0 Å². The fraction of sp³-hybridized carbons (Fsp3) is 0.579. The largest absolute Gasteiger partial charge is 0.481 e. The van der Waals surface area contributed by atoms with Gasteiger partial charge in [0.25, 0.3) is 0 Å². The molecule has 0 bridgehead atoms. The number of amides is 1. The average Bonchev–Trinajstić information content (AvgIpc) is 2.58. The molecule has 1 amide bonds. The van der Waals surface area contributed by atoms with Crippen LogP contribution < -0.4 is 5.32 Å². The van der Waals surface area contributed by atoms with E-state index in [-0.39, 0.29) is 18.2 Å². The summed E-state index contributed by atoms with van der Waals surface area (Å²) in [6.45, 7) is 5.43. The number of aryl methyl sites for hydroxylation is 1. The van der Waals surface area contributed by atoms with Crippen molar-refractivity contribution in [2.24, 2.45) is 5.92 Å². The highest BCUT2D eigenvalue weighted by Crippen LogP contribution is 2.18. The summed E-state index contributed by atoms with van der Waals surface area (Å²) in [6, 6.07) is 8.22. The Morgan fingerprint density at radius 3 is 2.46 bits per heavy atom. The van der Waals surface area contributed by atoms with Gasteiger partial charge >= 0.3 is 5.97 Å². The van der Waals surface area contributed by atoms with Crippen LogP contribution in [-0.4, -0.2) is 41.5 Å². The van der Waals surface area contributed by atoms with Gasteiger partial charge in [0.1, 0.15) is 0 Å². The summed E-state index contributed by atoms with van der Waals surface area (Å²) in [5.41, 5.74) is 2.35. The molecule has 0 spiro atoms. The van der Waals surface area contributed by atoms with E-state index in [9.17, 15) is 9.59 Å². The lowest BCUT2D eigenvalue weighted by molar-refractivity contribution is -0.137. The summed E-state index contributed by atoms with van der Waals surface area (Å²) in [4.78, 5) is 25.1. The Hall–Kier alpha value is -1.88. The van der Waals surface area contributed by atoms with Crippen LogP contribution in [0.2, 0.25) is 0 Å². The molecule has 1 fully saturated rings. The van der Waals surface area contributed by atoms with E-state index >= 15 is 0 Å². The van der Waals surface area contributed by atoms with Gasteiger partial charge in [0.2, 0.25) is 5.91 Å². The number of nitrogens with one attached hydrogen (secondary N) is 1. The van der Waals surface area contributed by atoms with Gasteiger partial charge in [0.15, 0.2) is 0 Å². The molecule has 2 N–H and O–H groups in total. The minimum absolute atomic E-state index is 0.103. The Balaban J connectivity index is 1.63. The standard InChI is InChI=1S/C19H28N2O3/c1-15-5-7-16(8-6-15)14-20-19(24)17-9-12-21(13-10-17)11-3-2-4-18(22)23/h5-8,17H,2-4,9-14H2,1H3,(H,20,24)(H,22,23). The summed E-state index contributed by atoms with van der Waals surface area (Å²) in [5.74, 6) is -0.467. The second-order valence-corrected chi connectivity index (χ2v) is 6.67. The number of carboxylic acid groups (broad SMARTS) is 1. The monoisotopic (exact) mass is 332 g/mol. The van der Waals surface area contributed by atoms with Gasteiger partial charge in [-0.15, -0.1) is 0 Å². The molecule has 5 nitrogen and oxygen atoms in total. The summed E-state index contributed by atoms with van der Waals surface area (Å²) in [7, 11) is 0. The Bertz CT molecular complexity index is 534. The number of nitrogens with zero attached hydrogens (tertiary/aromatic N) is 1. The lowest BCUT2D eigenvalue weighted by Crippen LogP contribution is -2.40. The normalized spacial score (nSPS) is 16.0. The van der Waals surface area contributed by atoms with Gasteiger partial charge in [0.05, 0.1) is 0 Å². The van der Waals surface area contributed by atoms with Crippen LogP contribution in [0, 0.1) is 12.8 Å². The summed E-state index contributed by atoms with van der Waals surface area (Å²) in [6.07, 6.45) is 3.66. The SMILES string of the molecule is Cc1ccc(CNC(=O)C2CCN(CCCCC(=O)O)CC2)cc1. The van der Waals surface area contributed by atoms with Crippen molar-refractivity contribution < 1.29 is 14.7 Å². The van der Waals surface area contributed by atoms with Crippen LogP contribution in [0.5, 0.6) is 0 Å². The van der Waals surface area contributed by atoms with E-state index in [1.54, 1.807) is 0 Å². The zero-order valence-corrected chi connectivity index (χ0v) is 14.5. The van der Waals surface area contributed by atoms with Crippen LogP contribution in [0.25, 0.3) is 0 Å². The van der Waals surface area contributed by atoms with Gasteiger partial charge in [-0.3, -0.25) is 9.59 Å². The fourth-order valence-electron chi connectivity index (χ4n) is 3.07. The molecule has 0 atom stereocenters. The van der Waals surface area contributed by atoms with E-state index in [2.05, 4.69) is 41.4 Å². The third kappa shape index (κ3) is 6.32. The first kappa shape index (κ1) is 18.5. The van der Waals surface area contributed by atoms with Crippen LogP contribution >= 0.6 is 0 Å². The van der Waals surface area contributed by atoms with E-state index in [4.69, 9.17) is 5.11 Å². The third-order valence-corrected chi connectivity index (χ3v) is 4.66. The first-order chi connectivity index (χ1) is 11.5. The predicted molar refractivity (Wildman–Crippen MR) is 93.7 cm³/mol. The second kappa shape index (κ2) is 9.42. The molecule has 1 aromatic rings. The number of carbonyl (C=O) groups is 2. The number of carboxylic acids is 1. The first-order valence-corrected chi connectivity index (χ1v) is 8.82. The maximum absolute atomic E-state index is 12.3. The van der Waals surface area contributed by atoms with E-state index in [0.29, 0.717) is 6.54 Å². The molecule has 1 aliphatic heterocycles. The molecule has 132 valence electrons. The Morgan fingerprint density at radius 1 is 1.17 bits per heavy atom. The van der Waals surface area contributed by atoms with Crippen molar-refractivity contribution in [1.29, 1.82) is 0 Å². The molecule has 1 heterocycles. The highest BCUT2D eigenvalue weighted by atomic mass is 16.4. The zero-order chi connectivity index (χ0) is 17.4. The summed E-state index contributed by atoms with van der Waals surface area (Å²) >= 11 is 0. The predicted octanol–water partition coefficient (Wildman–Crippen LogP) is 2.58. The number of piperidine rings is 1. The number of benzene rings is 1. The molecule has 5 heteroatoms. The molecule has 24 heavy (non-hydrogen) atoms. The van der Waals surface area contributed by atoms with Crippen molar-refractivity contribution >= 4 is 11.9 Å². The van der Waals surface area contributed by atoms with Crippen molar-refractivity contribution in [2.45, 2.75) is 45.6 Å². The average molecular weight is 332 g/mol. The van der Waals surface area contributed by atoms with Crippen LogP contribution in [0.4, 0.5) is 0 Å². The highest BCUT2D eigenvalue weighted by Gasteiger charge is 2.24. The Kier molecular flexibility index (Phi) is 7.25. The Morgan fingerprint density at radius 2 is 1.83 bits per heavy atom. The third-order valence-electron chi connectivity index (χ3n) is 4.66. The maximum Gasteiger partial charge on any atom is 0.303 e. The lowest BCUT2D eigenvalue weighted by atomic mass is 9.95. The molecule has 0 unspecified atom stereocenters. The Labute approximate surface area is 144 Å². The molecule has 1 aromatic carbocycles. The first-order valence-electron chi connectivity index (χ1n) is 8.82. The second-order valence-electron chi connectivity index (χ2n) is 6.67. The van der Waals surface area contributed by atoms with E-state index in [1.165, 1.54) is 5.56 Å². The van der Waals surface area contributed by atoms with Crippen LogP contribution in [0.15, 0.2) is 24.3 Å². The van der Waals surface area contributed by atoms with Crippen molar-refractivity contribution in [3.05, 3.63) is 35.4 Å². The molecule has 0 aliphatic carbocycles. The lowest BCUT2D eigenvalue weighted by Gasteiger charge is -2.31. The number of aliphatic carboxylic acids is 1. The van der Waals surface area contributed by atoms with Gasteiger partial charge in [-0.1, -0.05) is 29.8 Å². The highest BCUT2D eigenvalue weighted by molar-refractivity contribution is 5.78. The fourth-order valence-corrected chi connectivity index (χ4v) is 3.07. The molecular formula is C19H28N2O3. The van der Waals surface area contributed by atoms with Crippen molar-refractivity contribution in [3.63, 3.8) is 0 Å².